The summed E-state index contributed by atoms with van der Waals surface area (Å²) < 4.78 is 28.8. The van der Waals surface area contributed by atoms with Gasteiger partial charge in [0.15, 0.2) is 0 Å². The van der Waals surface area contributed by atoms with Crippen molar-refractivity contribution >= 4 is 94.7 Å². The molecule has 1 unspecified atom stereocenters. The molecule has 5 aromatic heterocycles. The third kappa shape index (κ3) is 6.62. The lowest BCUT2D eigenvalue weighted by atomic mass is 9.98. The summed E-state index contributed by atoms with van der Waals surface area (Å²) in [6.45, 7) is 14.9. The summed E-state index contributed by atoms with van der Waals surface area (Å²) in [6, 6.07) is 5.20. The lowest BCUT2D eigenvalue weighted by molar-refractivity contribution is 0.0123. The highest BCUT2D eigenvalue weighted by molar-refractivity contribution is 7.84. The molecular weight excluding hydrogens is 743 g/mol. The molecule has 0 saturated carbocycles. The van der Waals surface area contributed by atoms with Crippen LogP contribution in [0.25, 0.3) is 52.5 Å². The van der Waals surface area contributed by atoms with Crippen molar-refractivity contribution in [2.24, 2.45) is 0 Å². The van der Waals surface area contributed by atoms with Gasteiger partial charge in [0.25, 0.3) is 0 Å². The van der Waals surface area contributed by atoms with Crippen LogP contribution in [0.4, 0.5) is 10.6 Å². The van der Waals surface area contributed by atoms with Gasteiger partial charge in [0, 0.05) is 77.6 Å². The number of carbonyl (C=O) groups excluding carboxylic acids is 1. The van der Waals surface area contributed by atoms with Crippen LogP contribution in [-0.4, -0.2) is 91.6 Å². The van der Waals surface area contributed by atoms with E-state index in [0.717, 1.165) is 82.8 Å². The Morgan fingerprint density at radius 2 is 1.89 bits per heavy atom. The van der Waals surface area contributed by atoms with E-state index in [2.05, 4.69) is 36.5 Å². The van der Waals surface area contributed by atoms with E-state index in [0.29, 0.717) is 26.4 Å². The fraction of sp³-hybridized carbons (Fsp3) is 0.447. The minimum absolute atomic E-state index is 0.0194. The van der Waals surface area contributed by atoms with Crippen LogP contribution in [0.5, 0.6) is 0 Å². The number of amides is 1. The standard InChI is InChI=1S/C38H43N7O4S3Si/c1-9-22-20-50-28-16-27-26(17-40-44(27)21-48-14-15-53(6,7)8)30(29(22)28)32-33-25(12-13-39-32)31-34(41-36(52(5)47)42-35(31)51-33)43-18-23-10-11-24(19-43)45(23)37(46)49-38(2,3)4/h1,12-13,16-17,20,23-24H,10-11,14-15,18-19,21H2,2-8H3/t23-,24+,52?. The first-order chi connectivity index (χ1) is 25.2. The van der Waals surface area contributed by atoms with E-state index in [4.69, 9.17) is 35.9 Å². The Morgan fingerprint density at radius 1 is 1.13 bits per heavy atom. The largest absolute Gasteiger partial charge is 0.444 e. The average Bonchev–Trinajstić information content (AvgIpc) is 3.85. The van der Waals surface area contributed by atoms with Gasteiger partial charge < -0.3 is 14.4 Å². The third-order valence-corrected chi connectivity index (χ3v) is 14.4. The lowest BCUT2D eigenvalue weighted by Gasteiger charge is -2.42. The molecule has 0 spiro atoms. The summed E-state index contributed by atoms with van der Waals surface area (Å²) in [6.07, 6.45) is 12.9. The molecule has 3 atom stereocenters. The summed E-state index contributed by atoms with van der Waals surface area (Å²) in [7, 11) is -2.65. The first-order valence-electron chi connectivity index (χ1n) is 17.8. The second-order valence-corrected chi connectivity index (χ2v) is 24.9. The number of anilines is 1. The molecule has 8 rings (SSSR count). The summed E-state index contributed by atoms with van der Waals surface area (Å²) in [5.74, 6) is 3.64. The maximum Gasteiger partial charge on any atom is 0.410 e. The first kappa shape index (κ1) is 36.1. The van der Waals surface area contributed by atoms with E-state index in [-0.39, 0.29) is 23.3 Å². The number of benzene rings is 1. The van der Waals surface area contributed by atoms with Crippen molar-refractivity contribution in [2.75, 3.05) is 30.9 Å². The second-order valence-electron chi connectivity index (χ2n) is 16.1. The molecule has 53 heavy (non-hydrogen) atoms. The van der Waals surface area contributed by atoms with Gasteiger partial charge >= 0.3 is 6.09 Å². The quantitative estimate of drug-likeness (QED) is 0.0654. The normalized spacial score (nSPS) is 18.5. The van der Waals surface area contributed by atoms with E-state index in [1.54, 1.807) is 17.6 Å². The molecule has 2 aliphatic rings. The third-order valence-electron chi connectivity index (χ3n) is 9.94. The van der Waals surface area contributed by atoms with E-state index < -0.39 is 24.5 Å². The van der Waals surface area contributed by atoms with Crippen LogP contribution >= 0.6 is 22.7 Å². The lowest BCUT2D eigenvalue weighted by Crippen LogP contribution is -2.57. The number of terminal acetylenes is 1. The zero-order chi connectivity index (χ0) is 37.4. The SMILES string of the molecule is C#Cc1csc2cc3c(cnn3COCC[Si](C)(C)C)c(-c3nccc4c3sc3nc(S(C)=O)nc(N5C[C@H]6CC[C@@H](C5)N6C(=O)OC(C)(C)C)c34)c12. The molecule has 7 heterocycles. The van der Waals surface area contributed by atoms with Crippen molar-refractivity contribution in [3.05, 3.63) is 35.5 Å². The van der Waals surface area contributed by atoms with Gasteiger partial charge in [-0.25, -0.2) is 19.4 Å². The summed E-state index contributed by atoms with van der Waals surface area (Å²) in [5.41, 5.74) is 2.90. The van der Waals surface area contributed by atoms with Crippen LogP contribution in [0.2, 0.25) is 25.7 Å². The van der Waals surface area contributed by atoms with Crippen LogP contribution in [0.1, 0.15) is 39.2 Å². The number of carbonyl (C=O) groups is 1. The summed E-state index contributed by atoms with van der Waals surface area (Å²) in [5, 5.41) is 10.9. The van der Waals surface area contributed by atoms with Crippen molar-refractivity contribution in [2.45, 2.75) is 88.9 Å². The Labute approximate surface area is 320 Å². The maximum absolute atomic E-state index is 13.3. The summed E-state index contributed by atoms with van der Waals surface area (Å²) >= 11 is 3.14. The predicted octanol–water partition coefficient (Wildman–Crippen LogP) is 8.09. The van der Waals surface area contributed by atoms with Crippen molar-refractivity contribution < 1.29 is 18.5 Å². The van der Waals surface area contributed by atoms with Gasteiger partial charge in [-0.05, 0) is 51.8 Å². The maximum atomic E-state index is 13.3. The monoisotopic (exact) mass is 785 g/mol. The van der Waals surface area contributed by atoms with Crippen LogP contribution < -0.4 is 4.90 Å². The molecule has 0 radical (unpaired) electrons. The zero-order valence-corrected chi connectivity index (χ0v) is 34.5. The molecule has 2 bridgehead atoms. The smallest absolute Gasteiger partial charge is 0.410 e. The van der Waals surface area contributed by atoms with Crippen LogP contribution in [0.3, 0.4) is 0 Å². The minimum Gasteiger partial charge on any atom is -0.444 e. The molecule has 6 aromatic rings. The Hall–Kier alpha value is -3.94. The number of pyridine rings is 1. The van der Waals surface area contributed by atoms with Crippen molar-refractivity contribution in [1.29, 1.82) is 0 Å². The number of ether oxygens (including phenoxy) is 2. The molecule has 1 aromatic carbocycles. The van der Waals surface area contributed by atoms with Crippen LogP contribution in [-0.2, 0) is 27.0 Å². The Bertz CT molecular complexity index is 2480. The summed E-state index contributed by atoms with van der Waals surface area (Å²) in [4.78, 5) is 33.0. The molecule has 2 saturated heterocycles. The van der Waals surface area contributed by atoms with Gasteiger partial charge in [0.2, 0.25) is 5.16 Å². The van der Waals surface area contributed by atoms with Gasteiger partial charge in [0.1, 0.15) is 23.0 Å². The number of thiophene rings is 2. The first-order valence-corrected chi connectivity index (χ1v) is 24.8. The fourth-order valence-electron chi connectivity index (χ4n) is 7.51. The van der Waals surface area contributed by atoms with Crippen LogP contribution in [0, 0.1) is 12.3 Å². The predicted molar refractivity (Wildman–Crippen MR) is 218 cm³/mol. The highest BCUT2D eigenvalue weighted by Crippen LogP contribution is 2.47. The fourth-order valence-corrected chi connectivity index (χ4v) is 10.9. The molecule has 0 N–H and O–H groups in total. The molecule has 0 aliphatic carbocycles. The van der Waals surface area contributed by atoms with Crippen molar-refractivity contribution in [3.8, 4) is 23.6 Å². The zero-order valence-electron chi connectivity index (χ0n) is 31.1. The molecule has 2 aliphatic heterocycles. The van der Waals surface area contributed by atoms with Crippen molar-refractivity contribution in [3.63, 3.8) is 0 Å². The topological polar surface area (TPSA) is 116 Å². The highest BCUT2D eigenvalue weighted by Gasteiger charge is 2.45. The van der Waals surface area contributed by atoms with Crippen molar-refractivity contribution in [1.82, 2.24) is 29.6 Å². The molecule has 15 heteroatoms. The van der Waals surface area contributed by atoms with Gasteiger partial charge in [-0.3, -0.25) is 14.1 Å². The Balaban J connectivity index is 1.26. The van der Waals surface area contributed by atoms with E-state index in [1.165, 1.54) is 11.3 Å². The van der Waals surface area contributed by atoms with Crippen LogP contribution in [0.15, 0.2) is 35.1 Å². The highest BCUT2D eigenvalue weighted by atomic mass is 32.2. The van der Waals surface area contributed by atoms with Gasteiger partial charge in [0.05, 0.1) is 50.4 Å². The number of nitrogens with zero attached hydrogens (tertiary/aromatic N) is 7. The van der Waals surface area contributed by atoms with E-state index in [9.17, 15) is 9.00 Å². The van der Waals surface area contributed by atoms with Gasteiger partial charge in [-0.2, -0.15) is 5.10 Å². The molecule has 1 amide bonds. The number of hydrogen-bond acceptors (Lipinski definition) is 11. The average molecular weight is 786 g/mol. The number of fused-ring (bicyclic) bond motifs is 7. The Kier molecular flexibility index (Phi) is 9.13. The van der Waals surface area contributed by atoms with E-state index >= 15 is 0 Å². The number of piperazine rings is 1. The van der Waals surface area contributed by atoms with Gasteiger partial charge in [-0.15, -0.1) is 29.1 Å². The number of rotatable bonds is 8. The Morgan fingerprint density at radius 3 is 2.57 bits per heavy atom. The van der Waals surface area contributed by atoms with E-state index in [1.807, 2.05) is 54.2 Å². The number of aromatic nitrogens is 5. The minimum atomic E-state index is -1.42. The molecule has 2 fully saturated rings. The molecule has 276 valence electrons. The second kappa shape index (κ2) is 13.4. The van der Waals surface area contributed by atoms with Gasteiger partial charge in [-0.1, -0.05) is 25.6 Å². The molecular formula is C38H43N7O4S3Si. The number of hydrogen-bond donors (Lipinski definition) is 0. The molecule has 11 nitrogen and oxygen atoms in total.